The Kier molecular flexibility index (Phi) is 7.62. The molecule has 0 amide bonds. The standard InChI is InChI=1S/C19H21NO3.ClH/c1-3-23-19(22)12-18(20)17-6-4-5-16(11-17)15-9-7-14(8-10-15)13(2)21;/h4-11,18H,3,12,20H2,1-2H3;1H. The Morgan fingerprint density at radius 2 is 1.75 bits per heavy atom. The molecule has 0 bridgehead atoms. The van der Waals surface area contributed by atoms with Crippen molar-refractivity contribution in [3.63, 3.8) is 0 Å². The fourth-order valence-electron chi connectivity index (χ4n) is 2.36. The van der Waals surface area contributed by atoms with Crippen molar-refractivity contribution in [1.82, 2.24) is 0 Å². The zero-order chi connectivity index (χ0) is 16.8. The highest BCUT2D eigenvalue weighted by molar-refractivity contribution is 5.94. The number of Topliss-reactive ketones (excluding diaryl/α,β-unsaturated/α-hetero) is 1. The van der Waals surface area contributed by atoms with Gasteiger partial charge in [-0.15, -0.1) is 12.4 Å². The van der Waals surface area contributed by atoms with Gasteiger partial charge in [0.2, 0.25) is 0 Å². The van der Waals surface area contributed by atoms with Crippen molar-refractivity contribution in [2.45, 2.75) is 26.3 Å². The van der Waals surface area contributed by atoms with Gasteiger partial charge in [0.25, 0.3) is 0 Å². The number of ketones is 1. The fraction of sp³-hybridized carbons (Fsp3) is 0.263. The number of ether oxygens (including phenoxy) is 1. The Bertz CT molecular complexity index is 698. The molecule has 4 nitrogen and oxygen atoms in total. The summed E-state index contributed by atoms with van der Waals surface area (Å²) in [7, 11) is 0. The predicted octanol–water partition coefficient (Wildman–Crippen LogP) is 3.93. The van der Waals surface area contributed by atoms with Crippen molar-refractivity contribution in [1.29, 1.82) is 0 Å². The predicted molar refractivity (Wildman–Crippen MR) is 97.3 cm³/mol. The van der Waals surface area contributed by atoms with E-state index in [4.69, 9.17) is 10.5 Å². The lowest BCUT2D eigenvalue weighted by molar-refractivity contribution is -0.143. The molecule has 0 radical (unpaired) electrons. The van der Waals surface area contributed by atoms with Crippen molar-refractivity contribution in [3.8, 4) is 11.1 Å². The molecular formula is C19H22ClNO3. The summed E-state index contributed by atoms with van der Waals surface area (Å²) in [6.45, 7) is 3.67. The van der Waals surface area contributed by atoms with E-state index in [1.54, 1.807) is 13.8 Å². The molecular weight excluding hydrogens is 326 g/mol. The molecule has 2 aromatic carbocycles. The molecule has 0 saturated carbocycles. The molecule has 2 rings (SSSR count). The maximum absolute atomic E-state index is 11.5. The summed E-state index contributed by atoms with van der Waals surface area (Å²) in [5.74, 6) is -0.252. The lowest BCUT2D eigenvalue weighted by atomic mass is 9.97. The van der Waals surface area contributed by atoms with Gasteiger partial charge in [-0.05, 0) is 36.6 Å². The first-order chi connectivity index (χ1) is 11.0. The fourth-order valence-corrected chi connectivity index (χ4v) is 2.36. The van der Waals surface area contributed by atoms with Crippen LogP contribution in [0.4, 0.5) is 0 Å². The van der Waals surface area contributed by atoms with Crippen LogP contribution in [0.3, 0.4) is 0 Å². The summed E-state index contributed by atoms with van der Waals surface area (Å²) in [5.41, 5.74) is 9.65. The van der Waals surface area contributed by atoms with Crippen molar-refractivity contribution in [2.75, 3.05) is 6.61 Å². The summed E-state index contributed by atoms with van der Waals surface area (Å²) in [4.78, 5) is 22.9. The van der Waals surface area contributed by atoms with E-state index < -0.39 is 6.04 Å². The van der Waals surface area contributed by atoms with Crippen LogP contribution in [-0.4, -0.2) is 18.4 Å². The first kappa shape index (κ1) is 19.9. The molecule has 0 aromatic heterocycles. The number of hydrogen-bond donors (Lipinski definition) is 1. The maximum Gasteiger partial charge on any atom is 0.307 e. The van der Waals surface area contributed by atoms with Gasteiger partial charge in [-0.3, -0.25) is 9.59 Å². The highest BCUT2D eigenvalue weighted by Crippen LogP contribution is 2.24. The van der Waals surface area contributed by atoms with Gasteiger partial charge in [-0.1, -0.05) is 42.5 Å². The molecule has 0 aliphatic heterocycles. The highest BCUT2D eigenvalue weighted by atomic mass is 35.5. The van der Waals surface area contributed by atoms with E-state index in [0.717, 1.165) is 16.7 Å². The molecule has 0 heterocycles. The molecule has 1 unspecified atom stereocenters. The SMILES string of the molecule is CCOC(=O)CC(N)c1cccc(-c2ccc(C(C)=O)cc2)c1.Cl. The van der Waals surface area contributed by atoms with Crippen LogP contribution in [0.2, 0.25) is 0 Å². The van der Waals surface area contributed by atoms with Gasteiger partial charge in [0.15, 0.2) is 5.78 Å². The van der Waals surface area contributed by atoms with Crippen LogP contribution in [0, 0.1) is 0 Å². The Hall–Kier alpha value is -2.17. The van der Waals surface area contributed by atoms with Crippen LogP contribution in [0.5, 0.6) is 0 Å². The minimum atomic E-state index is -0.398. The van der Waals surface area contributed by atoms with Gasteiger partial charge in [0.1, 0.15) is 0 Å². The van der Waals surface area contributed by atoms with E-state index in [1.807, 2.05) is 48.5 Å². The van der Waals surface area contributed by atoms with Crippen molar-refractivity contribution in [3.05, 3.63) is 59.7 Å². The van der Waals surface area contributed by atoms with Gasteiger partial charge >= 0.3 is 5.97 Å². The second-order valence-corrected chi connectivity index (χ2v) is 5.37. The number of carbonyl (C=O) groups is 2. The summed E-state index contributed by atoms with van der Waals surface area (Å²) in [6, 6.07) is 14.8. The molecule has 0 fully saturated rings. The lowest BCUT2D eigenvalue weighted by Gasteiger charge is -2.13. The molecule has 1 atom stereocenters. The minimum absolute atomic E-state index is 0. The maximum atomic E-state index is 11.5. The average molecular weight is 348 g/mol. The zero-order valence-corrected chi connectivity index (χ0v) is 14.6. The van der Waals surface area contributed by atoms with Crippen molar-refractivity contribution >= 4 is 24.2 Å². The van der Waals surface area contributed by atoms with Gasteiger partial charge in [-0.2, -0.15) is 0 Å². The van der Waals surface area contributed by atoms with Crippen LogP contribution < -0.4 is 5.73 Å². The number of halogens is 1. The molecule has 2 N–H and O–H groups in total. The van der Waals surface area contributed by atoms with E-state index in [0.29, 0.717) is 12.2 Å². The summed E-state index contributed by atoms with van der Waals surface area (Å²) in [6.07, 6.45) is 0.153. The van der Waals surface area contributed by atoms with E-state index in [-0.39, 0.29) is 30.6 Å². The number of rotatable bonds is 6. The largest absolute Gasteiger partial charge is 0.466 e. The third kappa shape index (κ3) is 5.18. The van der Waals surface area contributed by atoms with Crippen molar-refractivity contribution in [2.24, 2.45) is 5.73 Å². The molecule has 128 valence electrons. The third-order valence-electron chi connectivity index (χ3n) is 3.63. The number of esters is 1. The molecule has 0 saturated heterocycles. The highest BCUT2D eigenvalue weighted by Gasteiger charge is 2.13. The topological polar surface area (TPSA) is 69.4 Å². The molecule has 5 heteroatoms. The smallest absolute Gasteiger partial charge is 0.307 e. The molecule has 2 aromatic rings. The van der Waals surface area contributed by atoms with Crippen molar-refractivity contribution < 1.29 is 14.3 Å². The van der Waals surface area contributed by atoms with E-state index >= 15 is 0 Å². The first-order valence-corrected chi connectivity index (χ1v) is 7.63. The quantitative estimate of drug-likeness (QED) is 0.635. The monoisotopic (exact) mass is 347 g/mol. The van der Waals surface area contributed by atoms with Crippen LogP contribution >= 0.6 is 12.4 Å². The van der Waals surface area contributed by atoms with Crippen LogP contribution in [-0.2, 0) is 9.53 Å². The van der Waals surface area contributed by atoms with E-state index in [1.165, 1.54) is 0 Å². The third-order valence-corrected chi connectivity index (χ3v) is 3.63. The van der Waals surface area contributed by atoms with Gasteiger partial charge < -0.3 is 10.5 Å². The molecule has 0 spiro atoms. The molecule has 0 aliphatic rings. The van der Waals surface area contributed by atoms with Gasteiger partial charge in [-0.25, -0.2) is 0 Å². The summed E-state index contributed by atoms with van der Waals surface area (Å²) in [5, 5.41) is 0. The summed E-state index contributed by atoms with van der Waals surface area (Å²) >= 11 is 0. The Labute approximate surface area is 148 Å². The van der Waals surface area contributed by atoms with E-state index in [2.05, 4.69) is 0 Å². The molecule has 24 heavy (non-hydrogen) atoms. The Morgan fingerprint density at radius 1 is 1.08 bits per heavy atom. The first-order valence-electron chi connectivity index (χ1n) is 7.63. The number of hydrogen-bond acceptors (Lipinski definition) is 4. The van der Waals surface area contributed by atoms with Gasteiger partial charge in [0.05, 0.1) is 13.0 Å². The number of carbonyl (C=O) groups excluding carboxylic acids is 2. The Morgan fingerprint density at radius 3 is 2.33 bits per heavy atom. The normalized spacial score (nSPS) is 11.3. The number of nitrogens with two attached hydrogens (primary N) is 1. The van der Waals surface area contributed by atoms with E-state index in [9.17, 15) is 9.59 Å². The second kappa shape index (κ2) is 9.21. The minimum Gasteiger partial charge on any atom is -0.466 e. The molecule has 0 aliphatic carbocycles. The number of benzene rings is 2. The average Bonchev–Trinajstić information content (AvgIpc) is 2.55. The Balaban J connectivity index is 0.00000288. The van der Waals surface area contributed by atoms with Crippen LogP contribution in [0.25, 0.3) is 11.1 Å². The van der Waals surface area contributed by atoms with Crippen LogP contribution in [0.1, 0.15) is 42.2 Å². The second-order valence-electron chi connectivity index (χ2n) is 5.37. The van der Waals surface area contributed by atoms with Crippen LogP contribution in [0.15, 0.2) is 48.5 Å². The summed E-state index contributed by atoms with van der Waals surface area (Å²) < 4.78 is 4.93. The zero-order valence-electron chi connectivity index (χ0n) is 13.8. The lowest BCUT2D eigenvalue weighted by Crippen LogP contribution is -2.17. The van der Waals surface area contributed by atoms with Gasteiger partial charge in [0, 0.05) is 11.6 Å².